The fraction of sp³-hybridized carbons (Fsp3) is 0.400. The van der Waals surface area contributed by atoms with Crippen molar-refractivity contribution in [2.45, 2.75) is 32.1 Å². The van der Waals surface area contributed by atoms with Gasteiger partial charge in [-0.05, 0) is 55.5 Å². The summed E-state index contributed by atoms with van der Waals surface area (Å²) in [5.41, 5.74) is 5.03. The Balaban J connectivity index is 1.91. The molecular formula is C20H25N3O3S. The lowest BCUT2D eigenvalue weighted by molar-refractivity contribution is 0.0857. The first-order chi connectivity index (χ1) is 13.0. The van der Waals surface area contributed by atoms with Gasteiger partial charge >= 0.3 is 0 Å². The first-order valence-electron chi connectivity index (χ1n) is 9.08. The molecule has 0 saturated carbocycles. The lowest BCUT2D eigenvalue weighted by atomic mass is 10.0. The molecule has 0 saturated heterocycles. The van der Waals surface area contributed by atoms with Crippen molar-refractivity contribution < 1.29 is 14.3 Å². The van der Waals surface area contributed by atoms with E-state index in [1.54, 1.807) is 50.5 Å². The largest absolute Gasteiger partial charge is 0.497 e. The zero-order valence-electron chi connectivity index (χ0n) is 15.9. The lowest BCUT2D eigenvalue weighted by Crippen LogP contribution is -2.36. The second-order valence-corrected chi connectivity index (χ2v) is 7.89. The molecule has 3 rings (SSSR count). The van der Waals surface area contributed by atoms with E-state index in [9.17, 15) is 9.59 Å². The molecule has 0 fully saturated rings. The maximum Gasteiger partial charge on any atom is 0.268 e. The number of ether oxygens (including phenoxy) is 1. The summed E-state index contributed by atoms with van der Waals surface area (Å²) in [4.78, 5) is 26.7. The van der Waals surface area contributed by atoms with Crippen LogP contribution in [0.1, 0.15) is 50.4 Å². The third-order valence-corrected chi connectivity index (χ3v) is 5.76. The van der Waals surface area contributed by atoms with Crippen molar-refractivity contribution in [1.29, 1.82) is 0 Å². The van der Waals surface area contributed by atoms with Gasteiger partial charge in [-0.2, -0.15) is 0 Å². The van der Waals surface area contributed by atoms with Gasteiger partial charge in [0.1, 0.15) is 10.8 Å². The number of carbonyl (C=O) groups is 2. The van der Waals surface area contributed by atoms with Crippen molar-refractivity contribution in [3.05, 3.63) is 45.8 Å². The van der Waals surface area contributed by atoms with Gasteiger partial charge in [0.25, 0.3) is 11.8 Å². The fourth-order valence-corrected chi connectivity index (χ4v) is 4.53. The van der Waals surface area contributed by atoms with E-state index in [-0.39, 0.29) is 11.8 Å². The van der Waals surface area contributed by atoms with Gasteiger partial charge in [-0.3, -0.25) is 15.0 Å². The average Bonchev–Trinajstić information content (AvgIpc) is 2.82. The van der Waals surface area contributed by atoms with E-state index >= 15 is 0 Å². The van der Waals surface area contributed by atoms with Crippen molar-refractivity contribution in [3.63, 3.8) is 0 Å². The molecule has 1 aliphatic carbocycles. The zero-order valence-corrected chi connectivity index (χ0v) is 16.7. The molecule has 2 aromatic rings. The van der Waals surface area contributed by atoms with E-state index in [2.05, 4.69) is 10.7 Å². The highest BCUT2D eigenvalue weighted by Crippen LogP contribution is 2.37. The zero-order chi connectivity index (χ0) is 19.4. The molecule has 0 aliphatic heterocycles. The molecule has 1 aromatic carbocycles. The molecule has 0 atom stereocenters. The molecular weight excluding hydrogens is 362 g/mol. The minimum atomic E-state index is -0.229. The molecule has 6 nitrogen and oxygen atoms in total. The van der Waals surface area contributed by atoms with Gasteiger partial charge in [-0.1, -0.05) is 6.42 Å². The number of hydrogen-bond donors (Lipinski definition) is 2. The Bertz CT molecular complexity index is 828. The first-order valence-corrected chi connectivity index (χ1v) is 9.89. The third-order valence-electron chi connectivity index (χ3n) is 4.55. The van der Waals surface area contributed by atoms with Crippen molar-refractivity contribution in [2.75, 3.05) is 26.5 Å². The Morgan fingerprint density at radius 2 is 1.74 bits per heavy atom. The summed E-state index contributed by atoms with van der Waals surface area (Å²) >= 11 is 1.53. The van der Waals surface area contributed by atoms with Gasteiger partial charge in [0.15, 0.2) is 0 Å². The second kappa shape index (κ2) is 8.54. The number of amides is 2. The summed E-state index contributed by atoms with van der Waals surface area (Å²) in [5, 5.41) is 5.21. The third kappa shape index (κ3) is 4.48. The summed E-state index contributed by atoms with van der Waals surface area (Å²) < 4.78 is 5.13. The highest BCUT2D eigenvalue weighted by Gasteiger charge is 2.26. The van der Waals surface area contributed by atoms with Gasteiger partial charge in [0, 0.05) is 24.5 Å². The Kier molecular flexibility index (Phi) is 6.13. The van der Waals surface area contributed by atoms with Crippen molar-refractivity contribution in [1.82, 2.24) is 10.4 Å². The average molecular weight is 388 g/mol. The van der Waals surface area contributed by atoms with Crippen LogP contribution in [0.4, 0.5) is 5.00 Å². The monoisotopic (exact) mass is 387 g/mol. The van der Waals surface area contributed by atoms with Crippen molar-refractivity contribution >= 4 is 28.2 Å². The normalized spacial score (nSPS) is 13.6. The molecule has 27 heavy (non-hydrogen) atoms. The van der Waals surface area contributed by atoms with Crippen LogP contribution in [0.5, 0.6) is 5.75 Å². The number of carbonyl (C=O) groups excluding carboxylic acids is 2. The van der Waals surface area contributed by atoms with Crippen LogP contribution in [0, 0.1) is 0 Å². The van der Waals surface area contributed by atoms with E-state index in [0.29, 0.717) is 21.9 Å². The van der Waals surface area contributed by atoms with Gasteiger partial charge in [0.2, 0.25) is 0 Å². The van der Waals surface area contributed by atoms with E-state index in [1.165, 1.54) is 22.6 Å². The smallest absolute Gasteiger partial charge is 0.268 e. The van der Waals surface area contributed by atoms with Gasteiger partial charge < -0.3 is 10.1 Å². The van der Waals surface area contributed by atoms with E-state index < -0.39 is 0 Å². The number of hydrogen-bond acceptors (Lipinski definition) is 5. The summed E-state index contributed by atoms with van der Waals surface area (Å²) in [5.74, 6) is 0.290. The van der Waals surface area contributed by atoms with Crippen LogP contribution in [0.3, 0.4) is 0 Å². The predicted molar refractivity (Wildman–Crippen MR) is 108 cm³/mol. The quantitative estimate of drug-likeness (QED) is 0.609. The van der Waals surface area contributed by atoms with Crippen LogP contribution in [-0.2, 0) is 12.8 Å². The number of aryl methyl sites for hydroxylation is 1. The lowest BCUT2D eigenvalue weighted by Gasteiger charge is -2.14. The van der Waals surface area contributed by atoms with Crippen molar-refractivity contribution in [2.24, 2.45) is 0 Å². The molecule has 0 radical (unpaired) electrons. The Morgan fingerprint density at radius 3 is 2.41 bits per heavy atom. The minimum absolute atomic E-state index is 0.176. The number of fused-ring (bicyclic) bond motifs is 1. The molecule has 2 N–H and O–H groups in total. The predicted octanol–water partition coefficient (Wildman–Crippen LogP) is 3.48. The van der Waals surface area contributed by atoms with Crippen LogP contribution in [-0.4, -0.2) is 38.0 Å². The van der Waals surface area contributed by atoms with E-state index in [1.807, 2.05) is 0 Å². The number of hydrazine groups is 1. The molecule has 1 aliphatic rings. The molecule has 2 amide bonds. The van der Waals surface area contributed by atoms with Crippen LogP contribution >= 0.6 is 11.3 Å². The number of methoxy groups -OCH3 is 1. The SMILES string of the molecule is COc1ccc(C(=O)Nc2sc3c(c2C(=O)NN(C)C)CCCCC3)cc1. The second-order valence-electron chi connectivity index (χ2n) is 6.79. The van der Waals surface area contributed by atoms with Crippen molar-refractivity contribution in [3.8, 4) is 5.75 Å². The summed E-state index contributed by atoms with van der Waals surface area (Å²) in [6, 6.07) is 6.93. The number of benzene rings is 1. The Labute approximate surface area is 163 Å². The van der Waals surface area contributed by atoms with Crippen LogP contribution < -0.4 is 15.5 Å². The first kappa shape index (κ1) is 19.4. The standard InChI is InChI=1S/C20H25N3O3S/c1-23(2)22-19(25)17-15-7-5-4-6-8-16(15)27-20(17)21-18(24)13-9-11-14(26-3)12-10-13/h9-12H,4-8H2,1-3H3,(H,21,24)(H,22,25). The molecule has 1 heterocycles. The Hall–Kier alpha value is -2.38. The minimum Gasteiger partial charge on any atom is -0.497 e. The maximum absolute atomic E-state index is 12.8. The topological polar surface area (TPSA) is 70.7 Å². The van der Waals surface area contributed by atoms with Crippen LogP contribution in [0.2, 0.25) is 0 Å². The molecule has 0 unspecified atom stereocenters. The number of anilines is 1. The highest BCUT2D eigenvalue weighted by molar-refractivity contribution is 7.17. The van der Waals surface area contributed by atoms with Gasteiger partial charge in [0.05, 0.1) is 12.7 Å². The summed E-state index contributed by atoms with van der Waals surface area (Å²) in [6.45, 7) is 0. The Morgan fingerprint density at radius 1 is 1.04 bits per heavy atom. The molecule has 7 heteroatoms. The molecule has 0 bridgehead atoms. The molecule has 0 spiro atoms. The van der Waals surface area contributed by atoms with E-state index in [0.717, 1.165) is 31.2 Å². The van der Waals surface area contributed by atoms with E-state index in [4.69, 9.17) is 4.74 Å². The highest BCUT2D eigenvalue weighted by atomic mass is 32.1. The summed E-state index contributed by atoms with van der Waals surface area (Å²) in [6.07, 6.45) is 5.19. The maximum atomic E-state index is 12.8. The van der Waals surface area contributed by atoms with Crippen LogP contribution in [0.15, 0.2) is 24.3 Å². The van der Waals surface area contributed by atoms with Crippen LogP contribution in [0.25, 0.3) is 0 Å². The number of rotatable bonds is 5. The number of nitrogens with one attached hydrogen (secondary N) is 2. The number of thiophene rings is 1. The van der Waals surface area contributed by atoms with Gasteiger partial charge in [-0.25, -0.2) is 5.01 Å². The summed E-state index contributed by atoms with van der Waals surface area (Å²) in [7, 11) is 5.14. The fourth-order valence-electron chi connectivity index (χ4n) is 3.25. The number of nitrogens with zero attached hydrogens (tertiary/aromatic N) is 1. The van der Waals surface area contributed by atoms with Gasteiger partial charge in [-0.15, -0.1) is 11.3 Å². The molecule has 144 valence electrons. The molecule has 1 aromatic heterocycles.